The van der Waals surface area contributed by atoms with Crippen molar-refractivity contribution in [2.45, 2.75) is 32.7 Å². The van der Waals surface area contributed by atoms with Crippen molar-refractivity contribution < 1.29 is 14.3 Å². The Balaban J connectivity index is 1.82. The Labute approximate surface area is 155 Å². The third-order valence-electron chi connectivity index (χ3n) is 4.38. The maximum absolute atomic E-state index is 12.7. The van der Waals surface area contributed by atoms with Gasteiger partial charge in [-0.2, -0.15) is 5.10 Å². The highest BCUT2D eigenvalue weighted by molar-refractivity contribution is 9.10. The van der Waals surface area contributed by atoms with E-state index in [1.165, 1.54) is 12.8 Å². The van der Waals surface area contributed by atoms with Crippen LogP contribution in [0.2, 0.25) is 0 Å². The van der Waals surface area contributed by atoms with Gasteiger partial charge in [-0.25, -0.2) is 4.68 Å². The summed E-state index contributed by atoms with van der Waals surface area (Å²) in [6.45, 7) is 4.55. The van der Waals surface area contributed by atoms with Crippen LogP contribution in [-0.4, -0.2) is 29.4 Å². The number of ether oxygens (including phenoxy) is 2. The molecule has 1 heterocycles. The van der Waals surface area contributed by atoms with Crippen LogP contribution in [0.25, 0.3) is 0 Å². The molecule has 1 aliphatic rings. The maximum atomic E-state index is 12.7. The van der Waals surface area contributed by atoms with Crippen LogP contribution in [0, 0.1) is 5.92 Å². The second-order valence-electron chi connectivity index (χ2n) is 6.12. The van der Waals surface area contributed by atoms with Crippen LogP contribution < -0.4 is 14.8 Å². The summed E-state index contributed by atoms with van der Waals surface area (Å²) in [5.41, 5.74) is 0.485. The van der Waals surface area contributed by atoms with Gasteiger partial charge in [-0.15, -0.1) is 0 Å². The number of amides is 1. The van der Waals surface area contributed by atoms with Crippen LogP contribution in [0.3, 0.4) is 0 Å². The molecule has 134 valence electrons. The Morgan fingerprint density at radius 3 is 2.88 bits per heavy atom. The molecule has 1 fully saturated rings. The van der Waals surface area contributed by atoms with E-state index in [0.717, 1.165) is 0 Å². The van der Waals surface area contributed by atoms with Gasteiger partial charge >= 0.3 is 0 Å². The number of rotatable bonds is 7. The number of methoxy groups -OCH3 is 1. The first kappa shape index (κ1) is 17.8. The van der Waals surface area contributed by atoms with Crippen LogP contribution in [0.5, 0.6) is 11.5 Å². The topological polar surface area (TPSA) is 65.4 Å². The fourth-order valence-corrected chi connectivity index (χ4v) is 3.40. The van der Waals surface area contributed by atoms with E-state index in [-0.39, 0.29) is 11.9 Å². The van der Waals surface area contributed by atoms with E-state index < -0.39 is 0 Å². The molecule has 1 unspecified atom stereocenters. The minimum Gasteiger partial charge on any atom is -0.493 e. The number of aromatic nitrogens is 2. The third-order valence-corrected chi connectivity index (χ3v) is 4.97. The van der Waals surface area contributed by atoms with Crippen LogP contribution in [0.15, 0.2) is 28.9 Å². The Bertz CT molecular complexity index is 771. The molecule has 0 aliphatic heterocycles. The molecule has 3 rings (SSSR count). The number of hydrogen-bond acceptors (Lipinski definition) is 4. The van der Waals surface area contributed by atoms with E-state index in [1.807, 2.05) is 17.7 Å². The highest BCUT2D eigenvalue weighted by Gasteiger charge is 2.31. The minimum absolute atomic E-state index is 0.216. The zero-order valence-corrected chi connectivity index (χ0v) is 16.2. The molecule has 1 aromatic carbocycles. The minimum atomic E-state index is -0.216. The van der Waals surface area contributed by atoms with Crippen LogP contribution >= 0.6 is 15.9 Å². The molecule has 0 radical (unpaired) electrons. The van der Waals surface area contributed by atoms with Gasteiger partial charge in [-0.3, -0.25) is 4.79 Å². The molecule has 0 bridgehead atoms. The van der Waals surface area contributed by atoms with Crippen molar-refractivity contribution in [3.8, 4) is 11.5 Å². The number of carbonyl (C=O) groups is 1. The van der Waals surface area contributed by atoms with Gasteiger partial charge in [0.15, 0.2) is 11.5 Å². The standard InChI is InChI=1S/C18H22BrN3O3/c1-4-25-17-14(19)9-13(10-15(17)24-3)18(23)21-16-7-8-20-22(16)11(2)12-5-6-12/h7-12H,4-6H2,1-3H3,(H,21,23). The summed E-state index contributed by atoms with van der Waals surface area (Å²) in [7, 11) is 1.55. The lowest BCUT2D eigenvalue weighted by atomic mass is 10.2. The maximum Gasteiger partial charge on any atom is 0.256 e. The molecule has 1 aliphatic carbocycles. The highest BCUT2D eigenvalue weighted by atomic mass is 79.9. The predicted octanol–water partition coefficient (Wildman–Crippen LogP) is 4.28. The predicted molar refractivity (Wildman–Crippen MR) is 99.5 cm³/mol. The second-order valence-corrected chi connectivity index (χ2v) is 6.97. The largest absolute Gasteiger partial charge is 0.493 e. The number of nitrogens with one attached hydrogen (secondary N) is 1. The van der Waals surface area contributed by atoms with Gasteiger partial charge < -0.3 is 14.8 Å². The number of carbonyl (C=O) groups excluding carboxylic acids is 1. The molecular formula is C18H22BrN3O3. The zero-order valence-electron chi connectivity index (χ0n) is 14.6. The third kappa shape index (κ3) is 3.81. The lowest BCUT2D eigenvalue weighted by Crippen LogP contribution is -2.18. The number of halogens is 1. The van der Waals surface area contributed by atoms with Crippen molar-refractivity contribution in [2.24, 2.45) is 5.92 Å². The van der Waals surface area contributed by atoms with Crippen molar-refractivity contribution in [2.75, 3.05) is 19.0 Å². The molecule has 1 atom stereocenters. The molecule has 1 saturated carbocycles. The lowest BCUT2D eigenvalue weighted by molar-refractivity contribution is 0.102. The number of benzene rings is 1. The zero-order chi connectivity index (χ0) is 18.0. The van der Waals surface area contributed by atoms with Crippen molar-refractivity contribution >= 4 is 27.7 Å². The summed E-state index contributed by atoms with van der Waals surface area (Å²) >= 11 is 3.45. The van der Waals surface area contributed by atoms with Gasteiger partial charge in [0, 0.05) is 11.6 Å². The fraction of sp³-hybridized carbons (Fsp3) is 0.444. The van der Waals surface area contributed by atoms with Gasteiger partial charge in [0.05, 0.1) is 30.4 Å². The molecule has 1 N–H and O–H groups in total. The Morgan fingerprint density at radius 2 is 2.24 bits per heavy atom. The van der Waals surface area contributed by atoms with E-state index in [9.17, 15) is 4.79 Å². The first-order valence-electron chi connectivity index (χ1n) is 8.40. The highest BCUT2D eigenvalue weighted by Crippen LogP contribution is 2.40. The summed E-state index contributed by atoms with van der Waals surface area (Å²) in [6, 6.07) is 5.51. The van der Waals surface area contributed by atoms with E-state index in [2.05, 4.69) is 33.3 Å². The average molecular weight is 408 g/mol. The van der Waals surface area contributed by atoms with Crippen molar-refractivity contribution in [1.29, 1.82) is 0 Å². The summed E-state index contributed by atoms with van der Waals surface area (Å²) < 4.78 is 13.5. The van der Waals surface area contributed by atoms with Gasteiger partial charge in [0.2, 0.25) is 0 Å². The molecule has 7 heteroatoms. The normalized spacial score (nSPS) is 14.9. The first-order chi connectivity index (χ1) is 12.0. The summed E-state index contributed by atoms with van der Waals surface area (Å²) in [4.78, 5) is 12.7. The molecule has 1 aromatic heterocycles. The van der Waals surface area contributed by atoms with E-state index in [4.69, 9.17) is 9.47 Å². The van der Waals surface area contributed by atoms with Crippen LogP contribution in [-0.2, 0) is 0 Å². The van der Waals surface area contributed by atoms with Crippen molar-refractivity contribution in [3.63, 3.8) is 0 Å². The summed E-state index contributed by atoms with van der Waals surface area (Å²) in [5, 5.41) is 7.31. The smallest absolute Gasteiger partial charge is 0.256 e. The van der Waals surface area contributed by atoms with E-state index >= 15 is 0 Å². The van der Waals surface area contributed by atoms with Gasteiger partial charge in [-0.1, -0.05) is 0 Å². The molecule has 0 saturated heterocycles. The average Bonchev–Trinajstić information content (AvgIpc) is 3.35. The first-order valence-corrected chi connectivity index (χ1v) is 9.19. The lowest BCUT2D eigenvalue weighted by Gasteiger charge is -2.16. The molecular weight excluding hydrogens is 386 g/mol. The van der Waals surface area contributed by atoms with Crippen LogP contribution in [0.4, 0.5) is 5.82 Å². The van der Waals surface area contributed by atoms with Crippen molar-refractivity contribution in [3.05, 3.63) is 34.4 Å². The monoisotopic (exact) mass is 407 g/mol. The fourth-order valence-electron chi connectivity index (χ4n) is 2.84. The number of anilines is 1. The van der Waals surface area contributed by atoms with E-state index in [0.29, 0.717) is 39.9 Å². The number of hydrogen-bond donors (Lipinski definition) is 1. The molecule has 6 nitrogen and oxygen atoms in total. The Hall–Kier alpha value is -2.02. The second kappa shape index (κ2) is 7.47. The number of nitrogens with zero attached hydrogens (tertiary/aromatic N) is 2. The van der Waals surface area contributed by atoms with Gasteiger partial charge in [0.25, 0.3) is 5.91 Å². The van der Waals surface area contributed by atoms with E-state index in [1.54, 1.807) is 25.4 Å². The molecule has 1 amide bonds. The quantitative estimate of drug-likeness (QED) is 0.743. The van der Waals surface area contributed by atoms with Gasteiger partial charge in [-0.05, 0) is 60.7 Å². The van der Waals surface area contributed by atoms with Crippen molar-refractivity contribution in [1.82, 2.24) is 9.78 Å². The summed E-state index contributed by atoms with van der Waals surface area (Å²) in [5.74, 6) is 2.24. The molecule has 25 heavy (non-hydrogen) atoms. The van der Waals surface area contributed by atoms with Gasteiger partial charge in [0.1, 0.15) is 5.82 Å². The Morgan fingerprint density at radius 1 is 1.48 bits per heavy atom. The van der Waals surface area contributed by atoms with Crippen LogP contribution in [0.1, 0.15) is 43.1 Å². The molecule has 2 aromatic rings. The Kier molecular flexibility index (Phi) is 5.32. The summed E-state index contributed by atoms with van der Waals surface area (Å²) in [6.07, 6.45) is 4.15. The SMILES string of the molecule is CCOc1c(Br)cc(C(=O)Nc2ccnn2C(C)C2CC2)cc1OC. The molecule has 0 spiro atoms.